The maximum atomic E-state index is 13.2. The molecule has 7 heteroatoms. The molecule has 0 bridgehead atoms. The first kappa shape index (κ1) is 15.7. The number of aromatic carboxylic acids is 1. The summed E-state index contributed by atoms with van der Waals surface area (Å²) < 4.78 is 18.5. The van der Waals surface area contributed by atoms with E-state index < -0.39 is 23.5 Å². The number of carboxylic acid groups (broad SMARTS) is 1. The Morgan fingerprint density at radius 1 is 1.37 bits per heavy atom. The second-order valence-electron chi connectivity index (χ2n) is 4.74. The Labute approximate surface area is 123 Å². The van der Waals surface area contributed by atoms with Crippen LogP contribution in [0.25, 0.3) is 0 Å². The highest BCUT2D eigenvalue weighted by molar-refractivity contribution is 14.1. The van der Waals surface area contributed by atoms with E-state index in [1.165, 1.54) is 0 Å². The summed E-state index contributed by atoms with van der Waals surface area (Å²) in [6.45, 7) is 5.04. The molecule has 1 aromatic rings. The summed E-state index contributed by atoms with van der Waals surface area (Å²) >= 11 is 1.74. The molecule has 0 atom stereocenters. The van der Waals surface area contributed by atoms with Crippen molar-refractivity contribution in [2.24, 2.45) is 0 Å². The molecule has 0 heterocycles. The molecule has 2 N–H and O–H groups in total. The van der Waals surface area contributed by atoms with Crippen molar-refractivity contribution in [2.75, 3.05) is 5.32 Å². The molecule has 0 unspecified atom stereocenters. The zero-order valence-electron chi connectivity index (χ0n) is 10.6. The number of nitrogens with one attached hydrogen (secondary N) is 1. The van der Waals surface area contributed by atoms with Gasteiger partial charge in [0.2, 0.25) is 0 Å². The molecule has 0 aromatic heterocycles. The number of rotatable bonds is 2. The molecule has 1 amide bonds. The van der Waals surface area contributed by atoms with E-state index in [1.54, 1.807) is 43.4 Å². The van der Waals surface area contributed by atoms with Crippen molar-refractivity contribution < 1.29 is 23.8 Å². The Morgan fingerprint density at radius 2 is 1.95 bits per heavy atom. The van der Waals surface area contributed by atoms with Gasteiger partial charge in [0.25, 0.3) is 0 Å². The van der Waals surface area contributed by atoms with Crippen LogP contribution in [-0.2, 0) is 4.74 Å². The molecule has 104 valence electrons. The van der Waals surface area contributed by atoms with E-state index in [1.807, 2.05) is 0 Å². The number of hydrogen-bond acceptors (Lipinski definition) is 3. The summed E-state index contributed by atoms with van der Waals surface area (Å²) in [5.41, 5.74) is -1.02. The van der Waals surface area contributed by atoms with E-state index in [9.17, 15) is 14.0 Å². The Morgan fingerprint density at radius 3 is 2.42 bits per heavy atom. The normalized spacial score (nSPS) is 11.0. The van der Waals surface area contributed by atoms with Crippen LogP contribution in [0.4, 0.5) is 14.9 Å². The number of benzene rings is 1. The van der Waals surface area contributed by atoms with Gasteiger partial charge in [0.1, 0.15) is 11.4 Å². The van der Waals surface area contributed by atoms with Crippen LogP contribution in [-0.4, -0.2) is 22.8 Å². The maximum Gasteiger partial charge on any atom is 0.412 e. The van der Waals surface area contributed by atoms with Gasteiger partial charge in [-0.2, -0.15) is 0 Å². The van der Waals surface area contributed by atoms with Crippen molar-refractivity contribution in [1.29, 1.82) is 0 Å². The van der Waals surface area contributed by atoms with Gasteiger partial charge in [0.05, 0.1) is 11.3 Å². The summed E-state index contributed by atoms with van der Waals surface area (Å²) in [6, 6.07) is 1.97. The number of anilines is 1. The lowest BCUT2D eigenvalue weighted by Gasteiger charge is -2.20. The summed E-state index contributed by atoms with van der Waals surface area (Å²) in [4.78, 5) is 22.6. The molecule has 5 nitrogen and oxygen atoms in total. The molecule has 0 aliphatic rings. The van der Waals surface area contributed by atoms with E-state index in [4.69, 9.17) is 9.84 Å². The molecule has 0 spiro atoms. The highest BCUT2D eigenvalue weighted by atomic mass is 127. The summed E-state index contributed by atoms with van der Waals surface area (Å²) in [5.74, 6) is -2.01. The van der Waals surface area contributed by atoms with Crippen LogP contribution in [0.1, 0.15) is 31.1 Å². The standard InChI is InChI=1S/C12H13FINO4/c1-12(2,3)19-11(18)15-9-7(10(16)17)4-6(13)5-8(9)14/h4-5H,1-3H3,(H,15,18)(H,16,17). The van der Waals surface area contributed by atoms with E-state index in [2.05, 4.69) is 5.32 Å². The minimum Gasteiger partial charge on any atom is -0.478 e. The topological polar surface area (TPSA) is 75.6 Å². The van der Waals surface area contributed by atoms with Crippen LogP contribution in [0.3, 0.4) is 0 Å². The third-order valence-corrected chi connectivity index (χ3v) is 2.76. The molecule has 1 rings (SSSR count). The van der Waals surface area contributed by atoms with Gasteiger partial charge in [-0.3, -0.25) is 5.32 Å². The van der Waals surface area contributed by atoms with E-state index in [0.29, 0.717) is 0 Å². The van der Waals surface area contributed by atoms with Crippen molar-refractivity contribution >= 4 is 40.3 Å². The first-order valence-electron chi connectivity index (χ1n) is 5.32. The van der Waals surface area contributed by atoms with Gasteiger partial charge in [-0.05, 0) is 55.5 Å². The van der Waals surface area contributed by atoms with Crippen molar-refractivity contribution in [1.82, 2.24) is 0 Å². The van der Waals surface area contributed by atoms with E-state index in [-0.39, 0.29) is 14.8 Å². The fraction of sp³-hybridized carbons (Fsp3) is 0.333. The quantitative estimate of drug-likeness (QED) is 0.770. The first-order valence-corrected chi connectivity index (χ1v) is 6.40. The average molecular weight is 381 g/mol. The van der Waals surface area contributed by atoms with Crippen LogP contribution in [0, 0.1) is 9.39 Å². The number of carbonyl (C=O) groups is 2. The molecule has 0 aliphatic heterocycles. The monoisotopic (exact) mass is 381 g/mol. The van der Waals surface area contributed by atoms with Gasteiger partial charge in [0.15, 0.2) is 0 Å². The largest absolute Gasteiger partial charge is 0.478 e. The smallest absolute Gasteiger partial charge is 0.412 e. The van der Waals surface area contributed by atoms with Gasteiger partial charge in [-0.15, -0.1) is 0 Å². The van der Waals surface area contributed by atoms with E-state index >= 15 is 0 Å². The third kappa shape index (κ3) is 4.66. The van der Waals surface area contributed by atoms with Gasteiger partial charge < -0.3 is 9.84 Å². The third-order valence-electron chi connectivity index (χ3n) is 1.91. The number of carbonyl (C=O) groups excluding carboxylic acids is 1. The Hall–Kier alpha value is -1.38. The fourth-order valence-corrected chi connectivity index (χ4v) is 2.00. The van der Waals surface area contributed by atoms with Crippen LogP contribution in [0.2, 0.25) is 0 Å². The van der Waals surface area contributed by atoms with Gasteiger partial charge in [-0.1, -0.05) is 0 Å². The molecular weight excluding hydrogens is 368 g/mol. The number of ether oxygens (including phenoxy) is 1. The highest BCUT2D eigenvalue weighted by Crippen LogP contribution is 2.25. The maximum absolute atomic E-state index is 13.2. The SMILES string of the molecule is CC(C)(C)OC(=O)Nc1c(I)cc(F)cc1C(=O)O. The first-order chi connectivity index (χ1) is 8.60. The van der Waals surface area contributed by atoms with Crippen LogP contribution in [0.15, 0.2) is 12.1 Å². The molecule has 0 saturated carbocycles. The Balaban J connectivity index is 3.07. The average Bonchev–Trinajstić information content (AvgIpc) is 2.18. The van der Waals surface area contributed by atoms with Crippen molar-refractivity contribution in [3.05, 3.63) is 27.1 Å². The molecule has 0 fully saturated rings. The number of carboxylic acids is 1. The highest BCUT2D eigenvalue weighted by Gasteiger charge is 2.21. The van der Waals surface area contributed by atoms with Gasteiger partial charge >= 0.3 is 12.1 Å². The fourth-order valence-electron chi connectivity index (χ4n) is 1.27. The zero-order valence-corrected chi connectivity index (χ0v) is 12.7. The van der Waals surface area contributed by atoms with Crippen LogP contribution >= 0.6 is 22.6 Å². The number of halogens is 2. The summed E-state index contributed by atoms with van der Waals surface area (Å²) in [5, 5.41) is 11.3. The molecule has 0 radical (unpaired) electrons. The van der Waals surface area contributed by atoms with E-state index in [0.717, 1.165) is 12.1 Å². The summed E-state index contributed by atoms with van der Waals surface area (Å²) in [6.07, 6.45) is -0.792. The van der Waals surface area contributed by atoms with Crippen molar-refractivity contribution in [3.63, 3.8) is 0 Å². The Kier molecular flexibility index (Phi) is 4.72. The lowest BCUT2D eigenvalue weighted by molar-refractivity contribution is 0.0636. The van der Waals surface area contributed by atoms with Crippen LogP contribution in [0.5, 0.6) is 0 Å². The lowest BCUT2D eigenvalue weighted by Crippen LogP contribution is -2.28. The van der Waals surface area contributed by atoms with Crippen molar-refractivity contribution in [3.8, 4) is 0 Å². The predicted octanol–water partition coefficient (Wildman–Crippen LogP) is 3.48. The zero-order chi connectivity index (χ0) is 14.8. The molecule has 1 aromatic carbocycles. The van der Waals surface area contributed by atoms with Gasteiger partial charge in [0, 0.05) is 3.57 Å². The lowest BCUT2D eigenvalue weighted by atomic mass is 10.1. The minimum absolute atomic E-state index is 0.0174. The second-order valence-corrected chi connectivity index (χ2v) is 5.90. The minimum atomic E-state index is -1.33. The predicted molar refractivity (Wildman–Crippen MR) is 75.9 cm³/mol. The molecule has 19 heavy (non-hydrogen) atoms. The number of hydrogen-bond donors (Lipinski definition) is 2. The second kappa shape index (κ2) is 5.72. The van der Waals surface area contributed by atoms with Gasteiger partial charge in [-0.25, -0.2) is 14.0 Å². The summed E-state index contributed by atoms with van der Waals surface area (Å²) in [7, 11) is 0. The molecule has 0 aliphatic carbocycles. The molecule has 0 saturated heterocycles. The Bertz CT molecular complexity index is 525. The van der Waals surface area contributed by atoms with Crippen molar-refractivity contribution in [2.45, 2.75) is 26.4 Å². The number of amides is 1. The molecular formula is C12H13FINO4. The van der Waals surface area contributed by atoms with Crippen LogP contribution < -0.4 is 5.32 Å².